The van der Waals surface area contributed by atoms with Crippen molar-refractivity contribution in [1.82, 2.24) is 9.88 Å². The van der Waals surface area contributed by atoms with E-state index in [1.165, 1.54) is 37.0 Å². The van der Waals surface area contributed by atoms with Crippen LogP contribution in [-0.4, -0.2) is 28.8 Å². The Balaban J connectivity index is 0.000000326. The molecule has 2 heterocycles. The monoisotopic (exact) mass is 602 g/mol. The molecule has 1 aromatic heterocycles. The molecule has 1 saturated carbocycles. The maximum atomic E-state index is 12.7. The smallest absolute Gasteiger partial charge is 0.298 e. The van der Waals surface area contributed by atoms with E-state index in [0.717, 1.165) is 50.4 Å². The van der Waals surface area contributed by atoms with E-state index in [9.17, 15) is 18.0 Å². The van der Waals surface area contributed by atoms with E-state index in [-0.39, 0.29) is 13.1 Å². The molecule has 2 aliphatic rings. The summed E-state index contributed by atoms with van der Waals surface area (Å²) in [6.45, 7) is 16.3. The Morgan fingerprint density at radius 2 is 1.75 bits per heavy atom. The van der Waals surface area contributed by atoms with Crippen molar-refractivity contribution in [2.75, 3.05) is 13.1 Å². The van der Waals surface area contributed by atoms with Crippen molar-refractivity contribution < 1.29 is 19.4 Å². The number of carbonyl (C=O) groups is 1. The third-order valence-corrected chi connectivity index (χ3v) is 8.49. The number of hydrogen-bond donors (Lipinski definition) is 0. The largest absolute Gasteiger partial charge is 0.416 e. The summed E-state index contributed by atoms with van der Waals surface area (Å²) < 4.78 is 37.4. The van der Waals surface area contributed by atoms with E-state index in [2.05, 4.69) is 42.5 Å². The van der Waals surface area contributed by atoms with Crippen molar-refractivity contribution in [3.63, 3.8) is 0 Å². The van der Waals surface area contributed by atoms with Crippen LogP contribution in [0.1, 0.15) is 69.5 Å². The van der Waals surface area contributed by atoms with Crippen LogP contribution in [0.15, 0.2) is 110 Å². The van der Waals surface area contributed by atoms with Crippen LogP contribution >= 0.6 is 0 Å². The molecule has 44 heavy (non-hydrogen) atoms. The molecule has 1 saturated heterocycles. The molecule has 0 radical (unpaired) electrons. The Labute approximate surface area is 262 Å². The van der Waals surface area contributed by atoms with Gasteiger partial charge >= 0.3 is 6.18 Å². The van der Waals surface area contributed by atoms with E-state index in [4.69, 9.17) is 6.42 Å². The number of allylic oxidation sites excluding steroid dienone is 6. The molecule has 6 heteroatoms. The van der Waals surface area contributed by atoms with E-state index in [0.29, 0.717) is 22.6 Å². The van der Waals surface area contributed by atoms with Gasteiger partial charge < -0.3 is 0 Å². The lowest BCUT2D eigenvalue weighted by Gasteiger charge is -2.17. The van der Waals surface area contributed by atoms with Crippen molar-refractivity contribution in [2.24, 2.45) is 11.8 Å². The van der Waals surface area contributed by atoms with Gasteiger partial charge in [0.1, 0.15) is 0 Å². The van der Waals surface area contributed by atoms with Gasteiger partial charge in [0, 0.05) is 44.0 Å². The molecule has 1 aliphatic heterocycles. The number of Topliss-reactive ketones (excluding diaryl/α,β-unsaturated/α-hetero) is 1. The third kappa shape index (κ3) is 10.3. The Kier molecular flexibility index (Phi) is 13.2. The predicted octanol–water partition coefficient (Wildman–Crippen LogP) is 9.52. The van der Waals surface area contributed by atoms with Crippen LogP contribution in [0.25, 0.3) is 0 Å². The molecule has 2 fully saturated rings. The molecule has 1 aliphatic carbocycles. The number of likely N-dealkylation sites (tertiary alicyclic amines) is 1. The van der Waals surface area contributed by atoms with E-state index in [1.807, 2.05) is 12.1 Å². The van der Waals surface area contributed by atoms with Gasteiger partial charge in [0.2, 0.25) is 0 Å². The summed E-state index contributed by atoms with van der Waals surface area (Å²) in [5, 5.41) is 0. The molecule has 0 bridgehead atoms. The van der Waals surface area contributed by atoms with Crippen LogP contribution in [0.4, 0.5) is 13.2 Å². The Morgan fingerprint density at radius 3 is 2.36 bits per heavy atom. The lowest BCUT2D eigenvalue weighted by atomic mass is 9.91. The molecule has 1 aromatic carbocycles. The van der Waals surface area contributed by atoms with E-state index >= 15 is 0 Å². The van der Waals surface area contributed by atoms with Crippen LogP contribution in [0, 0.1) is 24.2 Å². The number of halogens is 3. The molecule has 3 nitrogen and oxygen atoms in total. The second-order valence-corrected chi connectivity index (χ2v) is 11.7. The van der Waals surface area contributed by atoms with Gasteiger partial charge in [-0.2, -0.15) is 13.2 Å². The summed E-state index contributed by atoms with van der Waals surface area (Å²) in [6, 6.07) is 9.77. The lowest BCUT2D eigenvalue weighted by Crippen LogP contribution is -2.22. The number of hydrogen-bond acceptors (Lipinski definition) is 3. The van der Waals surface area contributed by atoms with E-state index < -0.39 is 11.7 Å². The highest BCUT2D eigenvalue weighted by Crippen LogP contribution is 2.36. The zero-order valence-corrected chi connectivity index (χ0v) is 25.7. The zero-order valence-electron chi connectivity index (χ0n) is 25.7. The van der Waals surface area contributed by atoms with Gasteiger partial charge in [-0.05, 0) is 90.8 Å². The first-order valence-electron chi connectivity index (χ1n) is 15.2. The molecule has 2 aromatic rings. The normalized spacial score (nSPS) is 21.3. The summed E-state index contributed by atoms with van der Waals surface area (Å²) in [7, 11) is 0. The molecule has 4 rings (SSSR count). The molecular weight excluding hydrogens is 557 g/mol. The topological polar surface area (TPSA) is 33.2 Å². The number of terminal acetylenes is 1. The second kappa shape index (κ2) is 16.8. The van der Waals surface area contributed by atoms with Crippen molar-refractivity contribution in [3.8, 4) is 12.3 Å². The third-order valence-electron chi connectivity index (χ3n) is 8.49. The Bertz CT molecular complexity index is 1390. The van der Waals surface area contributed by atoms with Crippen molar-refractivity contribution in [2.45, 2.75) is 64.1 Å². The zero-order chi connectivity index (χ0) is 32.1. The first-order chi connectivity index (χ1) is 21.0. The molecular formula is C38H45F3N2O. The summed E-state index contributed by atoms with van der Waals surface area (Å²) in [5.74, 6) is 3.78. The minimum Gasteiger partial charge on any atom is -0.298 e. The highest BCUT2D eigenvalue weighted by molar-refractivity contribution is 6.10. The van der Waals surface area contributed by atoms with E-state index in [1.54, 1.807) is 48.8 Å². The van der Waals surface area contributed by atoms with Crippen molar-refractivity contribution in [3.05, 3.63) is 126 Å². The number of rotatable bonds is 9. The fourth-order valence-corrected chi connectivity index (χ4v) is 5.73. The second-order valence-electron chi connectivity index (χ2n) is 11.7. The first-order valence-corrected chi connectivity index (χ1v) is 15.2. The number of benzene rings is 1. The van der Waals surface area contributed by atoms with Gasteiger partial charge in [-0.25, -0.2) is 0 Å². The maximum absolute atomic E-state index is 12.7. The number of pyridine rings is 1. The summed E-state index contributed by atoms with van der Waals surface area (Å²) in [4.78, 5) is 19.1. The molecule has 3 atom stereocenters. The molecule has 234 valence electrons. The number of aromatic nitrogens is 1. The van der Waals surface area contributed by atoms with Gasteiger partial charge in [0.25, 0.3) is 0 Å². The summed E-state index contributed by atoms with van der Waals surface area (Å²) >= 11 is 0. The SMILES string of the molecule is C#C/C(C=C)=C/C=C(\C=C)C(=O)C(=C)[C@@H]1CCN(Cc2ccncc2)C1.CC1CCCC(c2ccc(C(F)(F)F)cc2)CC1.[HH]. The van der Waals surface area contributed by atoms with Crippen LogP contribution in [-0.2, 0) is 17.5 Å². The van der Waals surface area contributed by atoms with Gasteiger partial charge in [-0.1, -0.05) is 76.1 Å². The van der Waals surface area contributed by atoms with Crippen LogP contribution in [0.2, 0.25) is 0 Å². The number of carbonyl (C=O) groups excluding carboxylic acids is 1. The average molecular weight is 603 g/mol. The summed E-state index contributed by atoms with van der Waals surface area (Å²) in [6.07, 6.45) is 18.0. The number of alkyl halides is 3. The van der Waals surface area contributed by atoms with Gasteiger partial charge in [-0.15, -0.1) is 6.42 Å². The standard InChI is InChI=1S/C23H24N2O.C15H19F3.H2/c1-5-19(6-2)8-9-21(7-3)23(26)18(4)22-12-15-25(17-22)16-20-10-13-24-14-11-20;1-11-3-2-4-12(6-5-11)13-7-9-14(10-8-13)15(16,17)18;/h1,6-11,13-14,22H,2-4,12,15-17H2;7-12H,2-6H2,1H3;1H/b19-8-,21-9+;;/t22-;;/m1../s1. The highest BCUT2D eigenvalue weighted by atomic mass is 19.4. The first kappa shape index (κ1) is 34.5. The van der Waals surface area contributed by atoms with Crippen molar-refractivity contribution in [1.29, 1.82) is 0 Å². The van der Waals surface area contributed by atoms with Crippen LogP contribution in [0.3, 0.4) is 0 Å². The maximum Gasteiger partial charge on any atom is 0.416 e. The summed E-state index contributed by atoms with van der Waals surface area (Å²) in [5.41, 5.74) is 3.48. The lowest BCUT2D eigenvalue weighted by molar-refractivity contribution is -0.137. The van der Waals surface area contributed by atoms with Crippen LogP contribution < -0.4 is 0 Å². The average Bonchev–Trinajstić information content (AvgIpc) is 3.38. The molecule has 2 unspecified atom stereocenters. The van der Waals surface area contributed by atoms with Gasteiger partial charge in [0.15, 0.2) is 5.78 Å². The Hall–Kier alpha value is -3.95. The number of nitrogens with zero attached hydrogens (tertiary/aromatic N) is 2. The minimum absolute atomic E-state index is 0. The minimum atomic E-state index is -4.23. The fraction of sp³-hybridized carbons (Fsp3) is 0.368. The predicted molar refractivity (Wildman–Crippen MR) is 176 cm³/mol. The van der Waals surface area contributed by atoms with Gasteiger partial charge in [0.05, 0.1) is 5.56 Å². The molecule has 0 N–H and O–H groups in total. The van der Waals surface area contributed by atoms with Gasteiger partial charge in [-0.3, -0.25) is 14.7 Å². The van der Waals surface area contributed by atoms with Crippen LogP contribution in [0.5, 0.6) is 0 Å². The fourth-order valence-electron chi connectivity index (χ4n) is 5.73. The molecule has 0 spiro atoms. The molecule has 0 amide bonds. The quantitative estimate of drug-likeness (QED) is 0.124. The number of ketones is 1. The van der Waals surface area contributed by atoms with Crippen molar-refractivity contribution >= 4 is 5.78 Å². The highest BCUT2D eigenvalue weighted by Gasteiger charge is 2.30. The Morgan fingerprint density at radius 1 is 1.05 bits per heavy atom.